The molecule has 6 heteroatoms. The monoisotopic (exact) mass is 349 g/mol. The number of benzene rings is 1. The number of nitrogens with zero attached hydrogens (tertiary/aromatic N) is 4. The Bertz CT molecular complexity index is 968. The molecule has 1 amide bonds. The molecule has 2 fully saturated rings. The van der Waals surface area contributed by atoms with Crippen LogP contribution in [0, 0.1) is 12.8 Å². The number of hydrogen-bond acceptors (Lipinski definition) is 3. The van der Waals surface area contributed by atoms with Crippen LogP contribution < -0.4 is 0 Å². The van der Waals surface area contributed by atoms with Gasteiger partial charge in [0.2, 0.25) is 0 Å². The number of carbonyl (C=O) groups is 1. The van der Waals surface area contributed by atoms with Crippen molar-refractivity contribution in [2.45, 2.75) is 38.6 Å². The number of amides is 1. The lowest BCUT2D eigenvalue weighted by Crippen LogP contribution is -2.29. The zero-order valence-corrected chi connectivity index (χ0v) is 15.0. The molecular formula is C20H23N5O. The van der Waals surface area contributed by atoms with Crippen molar-refractivity contribution in [3.63, 3.8) is 0 Å². The molecule has 0 radical (unpaired) electrons. The van der Waals surface area contributed by atoms with Crippen molar-refractivity contribution in [3.8, 4) is 0 Å². The number of hydrogen-bond donors (Lipinski definition) is 1. The molecule has 1 unspecified atom stereocenters. The van der Waals surface area contributed by atoms with Gasteiger partial charge in [0, 0.05) is 42.8 Å². The quantitative estimate of drug-likeness (QED) is 0.787. The van der Waals surface area contributed by atoms with Crippen molar-refractivity contribution in [3.05, 3.63) is 47.7 Å². The van der Waals surface area contributed by atoms with E-state index in [4.69, 9.17) is 0 Å². The first-order chi connectivity index (χ1) is 12.7. The van der Waals surface area contributed by atoms with Gasteiger partial charge in [-0.1, -0.05) is 18.2 Å². The average molecular weight is 349 g/mol. The highest BCUT2D eigenvalue weighted by atomic mass is 16.2. The Morgan fingerprint density at radius 2 is 2.12 bits per heavy atom. The molecule has 2 aliphatic rings. The molecule has 5 rings (SSSR count). The van der Waals surface area contributed by atoms with Crippen molar-refractivity contribution in [1.82, 2.24) is 24.6 Å². The topological polar surface area (TPSA) is 66.8 Å². The highest BCUT2D eigenvalue weighted by molar-refractivity contribution is 6.04. The number of aromatic nitrogens is 4. The second kappa shape index (κ2) is 5.97. The lowest BCUT2D eigenvalue weighted by atomic mass is 10.1. The maximum Gasteiger partial charge on any atom is 0.275 e. The highest BCUT2D eigenvalue weighted by Crippen LogP contribution is 2.40. The van der Waals surface area contributed by atoms with Crippen LogP contribution in [0.3, 0.4) is 0 Å². The standard InChI is InChI=1S/C20H23N5O/c1-13-10-21-19(15-6-7-15)25(13)12-14-8-9-24(11-14)20(26)18-16-4-2-3-5-17(16)22-23-18/h2-5,10,14-15H,6-9,11-12H2,1H3,(H,22,23). The van der Waals surface area contributed by atoms with Crippen LogP contribution in [0.2, 0.25) is 0 Å². The summed E-state index contributed by atoms with van der Waals surface area (Å²) in [5.41, 5.74) is 2.68. The first kappa shape index (κ1) is 15.6. The summed E-state index contributed by atoms with van der Waals surface area (Å²) in [7, 11) is 0. The van der Waals surface area contributed by atoms with Crippen LogP contribution >= 0.6 is 0 Å². The third kappa shape index (κ3) is 2.60. The van der Waals surface area contributed by atoms with Gasteiger partial charge in [0.1, 0.15) is 5.82 Å². The average Bonchev–Trinajstić information content (AvgIpc) is 3.08. The van der Waals surface area contributed by atoms with E-state index in [1.807, 2.05) is 35.4 Å². The predicted octanol–water partition coefficient (Wildman–Crippen LogP) is 3.11. The molecule has 1 aromatic carbocycles. The first-order valence-electron chi connectivity index (χ1n) is 9.45. The van der Waals surface area contributed by atoms with E-state index in [1.165, 1.54) is 24.4 Å². The van der Waals surface area contributed by atoms with Crippen molar-refractivity contribution in [2.24, 2.45) is 5.92 Å². The van der Waals surface area contributed by atoms with Crippen LogP contribution in [0.1, 0.15) is 47.2 Å². The Labute approximate surface area is 152 Å². The van der Waals surface area contributed by atoms with Crippen molar-refractivity contribution < 1.29 is 4.79 Å². The van der Waals surface area contributed by atoms with Gasteiger partial charge in [-0.05, 0) is 38.2 Å². The van der Waals surface area contributed by atoms with Gasteiger partial charge >= 0.3 is 0 Å². The fourth-order valence-corrected chi connectivity index (χ4v) is 4.09. The molecular weight excluding hydrogens is 326 g/mol. The molecule has 6 nitrogen and oxygen atoms in total. The van der Waals surface area contributed by atoms with Gasteiger partial charge < -0.3 is 9.47 Å². The van der Waals surface area contributed by atoms with E-state index in [1.54, 1.807) is 0 Å². The van der Waals surface area contributed by atoms with E-state index < -0.39 is 0 Å². The number of carbonyl (C=O) groups excluding carboxylic acids is 1. The minimum Gasteiger partial charge on any atom is -0.337 e. The van der Waals surface area contributed by atoms with Gasteiger partial charge in [0.25, 0.3) is 5.91 Å². The summed E-state index contributed by atoms with van der Waals surface area (Å²) in [6.07, 6.45) is 5.55. The largest absolute Gasteiger partial charge is 0.337 e. The number of H-pyrrole nitrogens is 1. The normalized spacial score (nSPS) is 20.2. The zero-order valence-electron chi connectivity index (χ0n) is 15.0. The molecule has 0 bridgehead atoms. The molecule has 1 aliphatic heterocycles. The SMILES string of the molecule is Cc1cnc(C2CC2)n1CC1CCN(C(=O)c2n[nH]c3ccccc23)C1. The fraction of sp³-hybridized carbons (Fsp3) is 0.450. The molecule has 3 heterocycles. The molecule has 0 spiro atoms. The third-order valence-electron chi connectivity index (χ3n) is 5.72. The summed E-state index contributed by atoms with van der Waals surface area (Å²) in [4.78, 5) is 19.5. The Kier molecular flexibility index (Phi) is 3.58. The van der Waals surface area contributed by atoms with E-state index >= 15 is 0 Å². The Balaban J connectivity index is 1.31. The Hall–Kier alpha value is -2.63. The lowest BCUT2D eigenvalue weighted by Gasteiger charge is -2.17. The highest BCUT2D eigenvalue weighted by Gasteiger charge is 2.32. The number of rotatable bonds is 4. The smallest absolute Gasteiger partial charge is 0.275 e. The van der Waals surface area contributed by atoms with Crippen molar-refractivity contribution in [2.75, 3.05) is 13.1 Å². The van der Waals surface area contributed by atoms with Gasteiger partial charge in [-0.3, -0.25) is 9.89 Å². The first-order valence-corrected chi connectivity index (χ1v) is 9.45. The third-order valence-corrected chi connectivity index (χ3v) is 5.72. The molecule has 1 atom stereocenters. The minimum absolute atomic E-state index is 0.0368. The van der Waals surface area contributed by atoms with Crippen LogP contribution in [0.25, 0.3) is 10.9 Å². The van der Waals surface area contributed by atoms with E-state index in [-0.39, 0.29) is 5.91 Å². The summed E-state index contributed by atoms with van der Waals surface area (Å²) in [5, 5.41) is 8.14. The van der Waals surface area contributed by atoms with E-state index in [0.717, 1.165) is 37.0 Å². The number of aromatic amines is 1. The van der Waals surface area contributed by atoms with Gasteiger partial charge in [-0.2, -0.15) is 5.10 Å². The zero-order chi connectivity index (χ0) is 17.7. The summed E-state index contributed by atoms with van der Waals surface area (Å²) in [6.45, 7) is 4.69. The molecule has 2 aromatic heterocycles. The summed E-state index contributed by atoms with van der Waals surface area (Å²) in [6, 6.07) is 7.80. The van der Waals surface area contributed by atoms with Gasteiger partial charge in [-0.15, -0.1) is 0 Å². The minimum atomic E-state index is 0.0368. The molecule has 1 aliphatic carbocycles. The predicted molar refractivity (Wildman–Crippen MR) is 99.0 cm³/mol. The van der Waals surface area contributed by atoms with Gasteiger partial charge in [-0.25, -0.2) is 4.98 Å². The molecule has 26 heavy (non-hydrogen) atoms. The number of imidazole rings is 1. The molecule has 134 valence electrons. The molecule has 1 N–H and O–H groups in total. The fourth-order valence-electron chi connectivity index (χ4n) is 4.09. The summed E-state index contributed by atoms with van der Waals surface area (Å²) in [5.74, 6) is 2.41. The number of aryl methyl sites for hydroxylation is 1. The van der Waals surface area contributed by atoms with Crippen molar-refractivity contribution >= 4 is 16.8 Å². The molecule has 3 aromatic rings. The van der Waals surface area contributed by atoms with Crippen LogP contribution in [0.4, 0.5) is 0 Å². The summed E-state index contributed by atoms with van der Waals surface area (Å²) < 4.78 is 2.38. The second-order valence-electron chi connectivity index (χ2n) is 7.67. The van der Waals surface area contributed by atoms with Crippen LogP contribution in [-0.4, -0.2) is 43.6 Å². The maximum absolute atomic E-state index is 12.9. The van der Waals surface area contributed by atoms with Crippen LogP contribution in [-0.2, 0) is 6.54 Å². The van der Waals surface area contributed by atoms with Crippen molar-refractivity contribution in [1.29, 1.82) is 0 Å². The van der Waals surface area contributed by atoms with E-state index in [9.17, 15) is 4.79 Å². The summed E-state index contributed by atoms with van der Waals surface area (Å²) >= 11 is 0. The second-order valence-corrected chi connectivity index (χ2v) is 7.67. The number of fused-ring (bicyclic) bond motifs is 1. The maximum atomic E-state index is 12.9. The Morgan fingerprint density at radius 1 is 1.27 bits per heavy atom. The van der Waals surface area contributed by atoms with Crippen LogP contribution in [0.15, 0.2) is 30.5 Å². The van der Waals surface area contributed by atoms with Gasteiger partial charge in [0.15, 0.2) is 5.69 Å². The lowest BCUT2D eigenvalue weighted by molar-refractivity contribution is 0.0782. The Morgan fingerprint density at radius 3 is 2.96 bits per heavy atom. The molecule has 1 saturated carbocycles. The van der Waals surface area contributed by atoms with Crippen LogP contribution in [0.5, 0.6) is 0 Å². The van der Waals surface area contributed by atoms with E-state index in [2.05, 4.69) is 26.7 Å². The van der Waals surface area contributed by atoms with E-state index in [0.29, 0.717) is 17.5 Å². The van der Waals surface area contributed by atoms with Gasteiger partial charge in [0.05, 0.1) is 5.52 Å². The molecule has 1 saturated heterocycles. The number of para-hydroxylation sites is 1. The number of likely N-dealkylation sites (tertiary alicyclic amines) is 1. The number of nitrogens with one attached hydrogen (secondary N) is 1.